The van der Waals surface area contributed by atoms with E-state index >= 15 is 0 Å². The molecule has 0 aromatic heterocycles. The van der Waals surface area contributed by atoms with Crippen LogP contribution in [0.3, 0.4) is 0 Å². The number of hydrogen-bond donors (Lipinski definition) is 1. The minimum atomic E-state index is 0.937. The van der Waals surface area contributed by atoms with Crippen molar-refractivity contribution in [3.63, 3.8) is 0 Å². The van der Waals surface area contributed by atoms with Crippen molar-refractivity contribution in [2.24, 2.45) is 23.7 Å². The number of rotatable bonds is 3. The second kappa shape index (κ2) is 3.57. The summed E-state index contributed by atoms with van der Waals surface area (Å²) in [6.45, 7) is 8.31. The minimum absolute atomic E-state index is 0.937. The van der Waals surface area contributed by atoms with E-state index in [9.17, 15) is 0 Å². The molecule has 0 amide bonds. The average molecular weight is 155 g/mol. The van der Waals surface area contributed by atoms with Crippen LogP contribution >= 0.6 is 0 Å². The van der Waals surface area contributed by atoms with Crippen LogP contribution in [-0.4, -0.2) is 13.6 Å². The van der Waals surface area contributed by atoms with Crippen molar-refractivity contribution in [3.8, 4) is 0 Å². The van der Waals surface area contributed by atoms with Gasteiger partial charge in [0.1, 0.15) is 0 Å². The van der Waals surface area contributed by atoms with Crippen molar-refractivity contribution < 1.29 is 0 Å². The van der Waals surface area contributed by atoms with E-state index in [0.29, 0.717) is 0 Å². The van der Waals surface area contributed by atoms with Crippen molar-refractivity contribution in [3.05, 3.63) is 0 Å². The Bertz CT molecular complexity index is 122. The van der Waals surface area contributed by atoms with E-state index in [1.807, 2.05) is 0 Å². The molecule has 0 aromatic carbocycles. The molecule has 0 bridgehead atoms. The molecule has 11 heavy (non-hydrogen) atoms. The van der Waals surface area contributed by atoms with Crippen molar-refractivity contribution in [2.75, 3.05) is 13.6 Å². The summed E-state index contributed by atoms with van der Waals surface area (Å²) in [7, 11) is 2.06. The lowest BCUT2D eigenvalue weighted by atomic mass is 9.57. The van der Waals surface area contributed by atoms with Gasteiger partial charge in [0.2, 0.25) is 0 Å². The van der Waals surface area contributed by atoms with E-state index in [0.717, 1.165) is 23.7 Å². The second-order valence-corrected chi connectivity index (χ2v) is 4.01. The lowest BCUT2D eigenvalue weighted by molar-refractivity contribution is 0.00163. The molecule has 1 saturated carbocycles. The van der Waals surface area contributed by atoms with Crippen LogP contribution in [0, 0.1) is 23.7 Å². The van der Waals surface area contributed by atoms with Crippen molar-refractivity contribution in [2.45, 2.75) is 27.2 Å². The first kappa shape index (κ1) is 9.05. The van der Waals surface area contributed by atoms with Gasteiger partial charge in [-0.25, -0.2) is 0 Å². The van der Waals surface area contributed by atoms with Gasteiger partial charge in [-0.15, -0.1) is 0 Å². The highest BCUT2D eigenvalue weighted by atomic mass is 14.8. The molecule has 0 aromatic rings. The maximum Gasteiger partial charge on any atom is -0.00181 e. The summed E-state index contributed by atoms with van der Waals surface area (Å²) in [5.74, 6) is 3.82. The predicted octanol–water partition coefficient (Wildman–Crippen LogP) is 2.13. The summed E-state index contributed by atoms with van der Waals surface area (Å²) in [6.07, 6.45) is 1.36. The van der Waals surface area contributed by atoms with E-state index in [2.05, 4.69) is 33.1 Å². The molecule has 1 N–H and O–H groups in total. The molecular formula is C10H21N. The normalized spacial score (nSPS) is 43.6. The molecule has 0 saturated heterocycles. The summed E-state index contributed by atoms with van der Waals surface area (Å²) in [4.78, 5) is 0. The minimum Gasteiger partial charge on any atom is -0.319 e. The van der Waals surface area contributed by atoms with Crippen molar-refractivity contribution in [1.29, 1.82) is 0 Å². The first-order chi connectivity index (χ1) is 5.22. The van der Waals surface area contributed by atoms with Gasteiger partial charge in [-0.2, -0.15) is 0 Å². The largest absolute Gasteiger partial charge is 0.319 e. The molecule has 4 unspecified atom stereocenters. The maximum atomic E-state index is 3.28. The van der Waals surface area contributed by atoms with Gasteiger partial charge in [0, 0.05) is 0 Å². The summed E-state index contributed by atoms with van der Waals surface area (Å²) in [5.41, 5.74) is 0. The quantitative estimate of drug-likeness (QED) is 0.658. The first-order valence-electron chi connectivity index (χ1n) is 4.87. The maximum absolute atomic E-state index is 3.28. The third-order valence-electron chi connectivity index (χ3n) is 3.64. The van der Waals surface area contributed by atoms with E-state index in [-0.39, 0.29) is 0 Å². The van der Waals surface area contributed by atoms with Crippen LogP contribution in [0.15, 0.2) is 0 Å². The Hall–Kier alpha value is -0.0400. The zero-order chi connectivity index (χ0) is 8.43. The molecule has 1 nitrogen and oxygen atoms in total. The van der Waals surface area contributed by atoms with E-state index in [4.69, 9.17) is 0 Å². The summed E-state index contributed by atoms with van der Waals surface area (Å²) < 4.78 is 0. The summed E-state index contributed by atoms with van der Waals surface area (Å²) in [6, 6.07) is 0. The first-order valence-corrected chi connectivity index (χ1v) is 4.87. The number of hydrogen-bond acceptors (Lipinski definition) is 1. The lowest BCUT2D eigenvalue weighted by Crippen LogP contribution is -2.47. The highest BCUT2D eigenvalue weighted by Gasteiger charge is 2.42. The fraction of sp³-hybridized carbons (Fsp3) is 1.00. The van der Waals surface area contributed by atoms with E-state index < -0.39 is 0 Å². The van der Waals surface area contributed by atoms with Crippen LogP contribution in [0.25, 0.3) is 0 Å². The Kier molecular flexibility index (Phi) is 2.94. The topological polar surface area (TPSA) is 12.0 Å². The molecule has 0 spiro atoms. The highest BCUT2D eigenvalue weighted by Crippen LogP contribution is 2.46. The molecule has 4 atom stereocenters. The van der Waals surface area contributed by atoms with Gasteiger partial charge in [0.25, 0.3) is 0 Å². The molecule has 1 aliphatic carbocycles. The zero-order valence-corrected chi connectivity index (χ0v) is 8.22. The Labute approximate surface area is 70.6 Å². The van der Waals surface area contributed by atoms with Gasteiger partial charge >= 0.3 is 0 Å². The van der Waals surface area contributed by atoms with E-state index in [1.54, 1.807) is 0 Å². The van der Waals surface area contributed by atoms with Gasteiger partial charge in [-0.1, -0.05) is 27.2 Å². The highest BCUT2D eigenvalue weighted by molar-refractivity contribution is 4.92. The van der Waals surface area contributed by atoms with Crippen LogP contribution in [0.1, 0.15) is 27.2 Å². The monoisotopic (exact) mass is 155 g/mol. The SMILES string of the molecule is CCC1C(C)C(C)C1CNC. The molecular weight excluding hydrogens is 134 g/mol. The molecule has 1 rings (SSSR count). The van der Waals surface area contributed by atoms with Gasteiger partial charge in [0.05, 0.1) is 0 Å². The Morgan fingerprint density at radius 1 is 1.09 bits per heavy atom. The van der Waals surface area contributed by atoms with Crippen LogP contribution < -0.4 is 5.32 Å². The Morgan fingerprint density at radius 2 is 1.64 bits per heavy atom. The molecule has 0 aliphatic heterocycles. The standard InChI is InChI=1S/C10H21N/c1-5-9-7(2)8(3)10(9)6-11-4/h7-11H,5-6H2,1-4H3. The molecule has 1 fully saturated rings. The molecule has 1 aliphatic rings. The number of nitrogens with one attached hydrogen (secondary N) is 1. The second-order valence-electron chi connectivity index (χ2n) is 4.01. The smallest absolute Gasteiger partial charge is 0.00181 e. The Morgan fingerprint density at radius 3 is 2.09 bits per heavy atom. The molecule has 66 valence electrons. The van der Waals surface area contributed by atoms with Gasteiger partial charge in [-0.05, 0) is 37.3 Å². The van der Waals surface area contributed by atoms with Crippen LogP contribution in [0.2, 0.25) is 0 Å². The zero-order valence-electron chi connectivity index (χ0n) is 8.22. The van der Waals surface area contributed by atoms with E-state index in [1.165, 1.54) is 13.0 Å². The predicted molar refractivity (Wildman–Crippen MR) is 49.5 cm³/mol. The van der Waals surface area contributed by atoms with Gasteiger partial charge < -0.3 is 5.32 Å². The van der Waals surface area contributed by atoms with Crippen LogP contribution in [-0.2, 0) is 0 Å². The lowest BCUT2D eigenvalue weighted by Gasteiger charge is -2.49. The average Bonchev–Trinajstić information content (AvgIpc) is 2.04. The van der Waals surface area contributed by atoms with Crippen molar-refractivity contribution in [1.82, 2.24) is 5.32 Å². The third kappa shape index (κ3) is 1.44. The fourth-order valence-corrected chi connectivity index (χ4v) is 2.66. The molecule has 1 heteroatoms. The molecule has 0 heterocycles. The van der Waals surface area contributed by atoms with Crippen LogP contribution in [0.5, 0.6) is 0 Å². The molecule has 0 radical (unpaired) electrons. The summed E-state index contributed by atoms with van der Waals surface area (Å²) >= 11 is 0. The van der Waals surface area contributed by atoms with Gasteiger partial charge in [-0.3, -0.25) is 0 Å². The third-order valence-corrected chi connectivity index (χ3v) is 3.64. The van der Waals surface area contributed by atoms with Crippen LogP contribution in [0.4, 0.5) is 0 Å². The van der Waals surface area contributed by atoms with Gasteiger partial charge in [0.15, 0.2) is 0 Å². The summed E-state index contributed by atoms with van der Waals surface area (Å²) in [5, 5.41) is 3.28. The Balaban J connectivity index is 2.39. The van der Waals surface area contributed by atoms with Crippen molar-refractivity contribution >= 4 is 0 Å². The fourth-order valence-electron chi connectivity index (χ4n) is 2.66.